The molecule has 4 heteroatoms. The molecule has 3 aromatic rings. The average Bonchev–Trinajstić information content (AvgIpc) is 3.14. The Morgan fingerprint density at radius 3 is 2.37 bits per heavy atom. The van der Waals surface area contributed by atoms with Crippen molar-refractivity contribution in [3.63, 3.8) is 0 Å². The largest absolute Gasteiger partial charge is 0.383 e. The molecule has 30 heavy (non-hydrogen) atoms. The van der Waals surface area contributed by atoms with Crippen LogP contribution < -0.4 is 5.56 Å². The Morgan fingerprint density at radius 2 is 1.73 bits per heavy atom. The Bertz CT molecular complexity index is 1060. The van der Waals surface area contributed by atoms with Crippen molar-refractivity contribution in [2.45, 2.75) is 45.6 Å². The Hall–Kier alpha value is -2.85. The molecule has 0 unspecified atom stereocenters. The number of nitrogens with one attached hydrogen (secondary N) is 1. The zero-order valence-corrected chi connectivity index (χ0v) is 18.1. The van der Waals surface area contributed by atoms with Gasteiger partial charge in [0.1, 0.15) is 5.76 Å². The average molecular weight is 403 g/mol. The van der Waals surface area contributed by atoms with E-state index in [-0.39, 0.29) is 11.6 Å². The van der Waals surface area contributed by atoms with Crippen LogP contribution in [0.3, 0.4) is 0 Å². The molecule has 0 spiro atoms. The van der Waals surface area contributed by atoms with Gasteiger partial charge in [-0.3, -0.25) is 9.69 Å². The van der Waals surface area contributed by atoms with Gasteiger partial charge in [0.2, 0.25) is 0 Å². The van der Waals surface area contributed by atoms with E-state index in [0.717, 1.165) is 43.6 Å². The van der Waals surface area contributed by atoms with E-state index in [1.807, 2.05) is 0 Å². The minimum absolute atomic E-state index is 0.0717. The molecule has 0 radical (unpaired) electrons. The van der Waals surface area contributed by atoms with Crippen LogP contribution in [-0.4, -0.2) is 23.6 Å². The SMILES string of the molecule is Cc1ccccc1C(=CCCN(C)[C@@H]1CCCc2o[nH]c(=O)c21)c1ccccc1C. The van der Waals surface area contributed by atoms with Crippen molar-refractivity contribution in [2.75, 3.05) is 13.6 Å². The molecule has 4 rings (SSSR count). The van der Waals surface area contributed by atoms with Gasteiger partial charge in [0, 0.05) is 19.0 Å². The number of rotatable bonds is 6. The van der Waals surface area contributed by atoms with E-state index in [1.54, 1.807) is 0 Å². The third kappa shape index (κ3) is 4.05. The van der Waals surface area contributed by atoms with Crippen molar-refractivity contribution < 1.29 is 4.52 Å². The molecule has 0 fully saturated rings. The predicted molar refractivity (Wildman–Crippen MR) is 122 cm³/mol. The molecule has 1 aromatic heterocycles. The molecule has 1 aliphatic rings. The van der Waals surface area contributed by atoms with Crippen molar-refractivity contribution >= 4 is 5.57 Å². The summed E-state index contributed by atoms with van der Waals surface area (Å²) in [6.45, 7) is 5.22. The second-order valence-corrected chi connectivity index (χ2v) is 8.30. The maximum Gasteiger partial charge on any atom is 0.284 e. The minimum Gasteiger partial charge on any atom is -0.383 e. The number of fused-ring (bicyclic) bond motifs is 1. The van der Waals surface area contributed by atoms with E-state index in [4.69, 9.17) is 4.52 Å². The van der Waals surface area contributed by atoms with E-state index in [2.05, 4.69) is 85.6 Å². The maximum absolute atomic E-state index is 12.2. The van der Waals surface area contributed by atoms with Gasteiger partial charge >= 0.3 is 0 Å². The van der Waals surface area contributed by atoms with E-state index >= 15 is 0 Å². The van der Waals surface area contributed by atoms with Crippen LogP contribution in [0, 0.1) is 13.8 Å². The predicted octanol–water partition coefficient (Wildman–Crippen LogP) is 5.42. The Morgan fingerprint density at radius 1 is 1.10 bits per heavy atom. The third-order valence-electron chi connectivity index (χ3n) is 6.26. The molecule has 1 atom stereocenters. The first kappa shape index (κ1) is 20.4. The number of H-pyrrole nitrogens is 1. The Balaban J connectivity index is 1.58. The molecule has 1 aliphatic carbocycles. The van der Waals surface area contributed by atoms with Gasteiger partial charge in [-0.2, -0.15) is 5.16 Å². The number of hydrogen-bond donors (Lipinski definition) is 1. The van der Waals surface area contributed by atoms with Gasteiger partial charge < -0.3 is 4.52 Å². The first-order valence-electron chi connectivity index (χ1n) is 10.8. The normalized spacial score (nSPS) is 15.8. The topological polar surface area (TPSA) is 49.2 Å². The van der Waals surface area contributed by atoms with Gasteiger partial charge in [0.15, 0.2) is 0 Å². The number of benzene rings is 2. The highest BCUT2D eigenvalue weighted by Crippen LogP contribution is 2.32. The monoisotopic (exact) mass is 402 g/mol. The van der Waals surface area contributed by atoms with Crippen LogP contribution in [0.5, 0.6) is 0 Å². The van der Waals surface area contributed by atoms with E-state index in [0.29, 0.717) is 0 Å². The summed E-state index contributed by atoms with van der Waals surface area (Å²) in [6, 6.07) is 17.3. The van der Waals surface area contributed by atoms with Crippen molar-refractivity contribution in [3.8, 4) is 0 Å². The summed E-state index contributed by atoms with van der Waals surface area (Å²) in [7, 11) is 2.11. The molecular formula is C26H30N2O2. The lowest BCUT2D eigenvalue weighted by Crippen LogP contribution is -2.31. The van der Waals surface area contributed by atoms with Crippen LogP contribution in [0.2, 0.25) is 0 Å². The summed E-state index contributed by atoms with van der Waals surface area (Å²) in [5.74, 6) is 0.833. The molecule has 0 saturated heterocycles. The molecule has 0 aliphatic heterocycles. The third-order valence-corrected chi connectivity index (χ3v) is 6.26. The Labute approximate surface area is 178 Å². The summed E-state index contributed by atoms with van der Waals surface area (Å²) in [5, 5.41) is 2.52. The molecule has 0 amide bonds. The van der Waals surface area contributed by atoms with Crippen LogP contribution in [0.15, 0.2) is 63.9 Å². The van der Waals surface area contributed by atoms with E-state index in [9.17, 15) is 4.79 Å². The summed E-state index contributed by atoms with van der Waals surface area (Å²) in [5.41, 5.74) is 7.15. The molecule has 4 nitrogen and oxygen atoms in total. The highest BCUT2D eigenvalue weighted by Gasteiger charge is 2.29. The molecule has 0 bridgehead atoms. The van der Waals surface area contributed by atoms with Crippen LogP contribution in [0.4, 0.5) is 0 Å². The highest BCUT2D eigenvalue weighted by atomic mass is 16.5. The van der Waals surface area contributed by atoms with Gasteiger partial charge in [-0.05, 0) is 68.0 Å². The number of hydrogen-bond acceptors (Lipinski definition) is 3. The second-order valence-electron chi connectivity index (χ2n) is 8.30. The molecule has 0 saturated carbocycles. The molecular weight excluding hydrogens is 372 g/mol. The summed E-state index contributed by atoms with van der Waals surface area (Å²) in [4.78, 5) is 14.5. The Kier molecular flexibility index (Phi) is 6.05. The highest BCUT2D eigenvalue weighted by molar-refractivity contribution is 5.82. The lowest BCUT2D eigenvalue weighted by Gasteiger charge is -2.29. The number of nitrogens with zero attached hydrogens (tertiary/aromatic N) is 1. The minimum atomic E-state index is -0.0717. The first-order valence-corrected chi connectivity index (χ1v) is 10.8. The summed E-state index contributed by atoms with van der Waals surface area (Å²) in [6.07, 6.45) is 6.16. The van der Waals surface area contributed by atoms with Crippen LogP contribution in [0.1, 0.15) is 58.9 Å². The molecule has 156 valence electrons. The first-order chi connectivity index (χ1) is 14.6. The standard InChI is InChI=1S/C26H30N2O2/c1-18-10-4-6-12-20(18)22(21-13-7-5-11-19(21)2)14-9-17-28(3)23-15-8-16-24-25(23)26(29)27-30-24/h4-7,10-14,23H,8-9,15-17H2,1-3H3,(H,27,29)/t23-/m1/s1. The summed E-state index contributed by atoms with van der Waals surface area (Å²) < 4.78 is 5.38. The lowest BCUT2D eigenvalue weighted by molar-refractivity contribution is 0.217. The van der Waals surface area contributed by atoms with Crippen molar-refractivity contribution in [2.24, 2.45) is 0 Å². The number of aromatic amines is 1. The second kappa shape index (κ2) is 8.88. The van der Waals surface area contributed by atoms with Gasteiger partial charge in [-0.25, -0.2) is 0 Å². The molecule has 1 N–H and O–H groups in total. The van der Waals surface area contributed by atoms with Gasteiger partial charge in [0.05, 0.1) is 5.56 Å². The fourth-order valence-electron chi connectivity index (χ4n) is 4.59. The smallest absolute Gasteiger partial charge is 0.284 e. The van der Waals surface area contributed by atoms with Gasteiger partial charge in [-0.1, -0.05) is 54.6 Å². The number of aryl methyl sites for hydroxylation is 3. The molecule has 1 heterocycles. The van der Waals surface area contributed by atoms with Crippen LogP contribution in [-0.2, 0) is 6.42 Å². The summed E-state index contributed by atoms with van der Waals surface area (Å²) >= 11 is 0. The number of aromatic nitrogens is 1. The molecule has 2 aromatic carbocycles. The zero-order chi connectivity index (χ0) is 21.1. The van der Waals surface area contributed by atoms with Crippen LogP contribution >= 0.6 is 0 Å². The van der Waals surface area contributed by atoms with E-state index in [1.165, 1.54) is 27.8 Å². The van der Waals surface area contributed by atoms with Crippen molar-refractivity contribution in [3.05, 3.63) is 98.5 Å². The van der Waals surface area contributed by atoms with Crippen LogP contribution in [0.25, 0.3) is 5.57 Å². The fraction of sp³-hybridized carbons (Fsp3) is 0.346. The van der Waals surface area contributed by atoms with Crippen molar-refractivity contribution in [1.82, 2.24) is 10.1 Å². The quantitative estimate of drug-likeness (QED) is 0.599. The van der Waals surface area contributed by atoms with Crippen molar-refractivity contribution in [1.29, 1.82) is 0 Å². The zero-order valence-electron chi connectivity index (χ0n) is 18.1. The lowest BCUT2D eigenvalue weighted by atomic mass is 9.90. The van der Waals surface area contributed by atoms with E-state index < -0.39 is 0 Å². The maximum atomic E-state index is 12.2. The van der Waals surface area contributed by atoms with Gasteiger partial charge in [0.25, 0.3) is 5.56 Å². The fourth-order valence-corrected chi connectivity index (χ4v) is 4.59. The van der Waals surface area contributed by atoms with Gasteiger partial charge in [-0.15, -0.1) is 0 Å².